The molecule has 4 nitrogen and oxygen atoms in total. The van der Waals surface area contributed by atoms with Crippen LogP contribution in [-0.2, 0) is 12.0 Å². The summed E-state index contributed by atoms with van der Waals surface area (Å²) in [6.45, 7) is 3.99. The van der Waals surface area contributed by atoms with Gasteiger partial charge in [0, 0.05) is 10.5 Å². The number of nitrogens with one attached hydrogen (secondary N) is 2. The molecule has 0 saturated carbocycles. The minimum absolute atomic E-state index is 0.0671. The number of halogens is 1. The summed E-state index contributed by atoms with van der Waals surface area (Å²) >= 11 is 3.48. The Balaban J connectivity index is 2.19. The predicted octanol–water partition coefficient (Wildman–Crippen LogP) is 3.00. The molecule has 2 amide bonds. The van der Waals surface area contributed by atoms with E-state index in [0.29, 0.717) is 5.84 Å². The number of amides is 2. The van der Waals surface area contributed by atoms with Crippen LogP contribution in [0.1, 0.15) is 31.4 Å². The van der Waals surface area contributed by atoms with Crippen LogP contribution in [0.4, 0.5) is 4.79 Å². The third-order valence-corrected chi connectivity index (χ3v) is 4.55. The van der Waals surface area contributed by atoms with Crippen molar-refractivity contribution < 1.29 is 4.79 Å². The van der Waals surface area contributed by atoms with Gasteiger partial charge in [0.05, 0.1) is 0 Å². The molecule has 1 saturated heterocycles. The van der Waals surface area contributed by atoms with Gasteiger partial charge in [-0.3, -0.25) is 10.7 Å². The molecule has 1 aromatic rings. The normalized spacial score (nSPS) is 25.4. The summed E-state index contributed by atoms with van der Waals surface area (Å²) in [6, 6.07) is 6.03. The number of hydrogen-bond donors (Lipinski definition) is 2. The van der Waals surface area contributed by atoms with Crippen molar-refractivity contribution in [3.8, 4) is 0 Å². The van der Waals surface area contributed by atoms with E-state index in [1.807, 2.05) is 30.9 Å². The number of urea groups is 1. The van der Waals surface area contributed by atoms with Crippen LogP contribution in [0.3, 0.4) is 0 Å². The van der Waals surface area contributed by atoms with Crippen LogP contribution in [0, 0.1) is 5.41 Å². The van der Waals surface area contributed by atoms with Crippen molar-refractivity contribution in [2.45, 2.75) is 38.3 Å². The van der Waals surface area contributed by atoms with E-state index in [9.17, 15) is 4.79 Å². The van der Waals surface area contributed by atoms with E-state index in [2.05, 4.69) is 27.3 Å². The third kappa shape index (κ3) is 1.57. The van der Waals surface area contributed by atoms with E-state index in [0.717, 1.165) is 22.9 Å². The van der Waals surface area contributed by atoms with Crippen LogP contribution in [0.5, 0.6) is 0 Å². The number of benzene rings is 1. The molecule has 1 atom stereocenters. The highest BCUT2D eigenvalue weighted by Gasteiger charge is 2.55. The van der Waals surface area contributed by atoms with Crippen LogP contribution >= 0.6 is 15.9 Å². The van der Waals surface area contributed by atoms with E-state index in [1.54, 1.807) is 0 Å². The number of amidine groups is 1. The maximum absolute atomic E-state index is 12.1. The lowest BCUT2D eigenvalue weighted by Gasteiger charge is -2.36. The van der Waals surface area contributed by atoms with Crippen LogP contribution < -0.4 is 5.32 Å². The molecule has 100 valence electrons. The summed E-state index contributed by atoms with van der Waals surface area (Å²) in [5, 5.41) is 10.9. The molecule has 1 unspecified atom stereocenters. The van der Waals surface area contributed by atoms with Gasteiger partial charge >= 0.3 is 6.03 Å². The van der Waals surface area contributed by atoms with Crippen molar-refractivity contribution in [3.63, 3.8) is 0 Å². The van der Waals surface area contributed by atoms with Crippen LogP contribution in [0.2, 0.25) is 0 Å². The summed E-state index contributed by atoms with van der Waals surface area (Å²) in [5.74, 6) is 0.312. The number of fused-ring (bicyclic) bond motifs is 2. The lowest BCUT2D eigenvalue weighted by Crippen LogP contribution is -2.48. The smallest absolute Gasteiger partial charge is 0.305 e. The Morgan fingerprint density at radius 1 is 1.47 bits per heavy atom. The summed E-state index contributed by atoms with van der Waals surface area (Å²) in [4.78, 5) is 13.9. The highest BCUT2D eigenvalue weighted by atomic mass is 79.9. The molecule has 0 aromatic heterocycles. The second kappa shape index (κ2) is 4.07. The fourth-order valence-electron chi connectivity index (χ4n) is 3.37. The number of hydrogen-bond acceptors (Lipinski definition) is 2. The van der Waals surface area contributed by atoms with Gasteiger partial charge in [0.1, 0.15) is 11.4 Å². The average Bonchev–Trinajstić information content (AvgIpc) is 2.80. The fourth-order valence-corrected chi connectivity index (χ4v) is 3.78. The van der Waals surface area contributed by atoms with Crippen molar-refractivity contribution >= 4 is 27.8 Å². The summed E-state index contributed by atoms with van der Waals surface area (Å²) in [6.07, 6.45) is 1.68. The molecule has 1 aliphatic heterocycles. The van der Waals surface area contributed by atoms with Gasteiger partial charge in [-0.15, -0.1) is 0 Å². The molecule has 5 heteroatoms. The molecule has 0 radical (unpaired) electrons. The fraction of sp³-hybridized carbons (Fsp3) is 0.429. The molecule has 1 spiro atoms. The molecule has 1 aromatic carbocycles. The molecule has 3 rings (SSSR count). The summed E-state index contributed by atoms with van der Waals surface area (Å²) in [7, 11) is 0. The monoisotopic (exact) mass is 321 g/mol. The molecule has 2 aliphatic rings. The molecule has 1 aliphatic carbocycles. The number of carbonyl (C=O) groups is 1. The largest absolute Gasteiger partial charge is 0.324 e. The van der Waals surface area contributed by atoms with E-state index >= 15 is 0 Å². The molecule has 0 bridgehead atoms. The van der Waals surface area contributed by atoms with Crippen molar-refractivity contribution in [1.29, 1.82) is 5.41 Å². The van der Waals surface area contributed by atoms with Gasteiger partial charge in [-0.25, -0.2) is 4.79 Å². The predicted molar refractivity (Wildman–Crippen MR) is 77.4 cm³/mol. The quantitative estimate of drug-likeness (QED) is 0.820. The molecule has 1 heterocycles. The number of aryl methyl sites for hydroxylation is 1. The summed E-state index contributed by atoms with van der Waals surface area (Å²) in [5.41, 5.74) is 1.73. The highest BCUT2D eigenvalue weighted by Crippen LogP contribution is 2.46. The molecular formula is C14H16BrN3O. The molecule has 1 fully saturated rings. The average molecular weight is 322 g/mol. The zero-order valence-corrected chi connectivity index (χ0v) is 12.5. The summed E-state index contributed by atoms with van der Waals surface area (Å²) < 4.78 is 1.04. The van der Waals surface area contributed by atoms with Gasteiger partial charge in [-0.1, -0.05) is 22.0 Å². The van der Waals surface area contributed by atoms with Crippen LogP contribution in [-0.4, -0.2) is 22.8 Å². The van der Waals surface area contributed by atoms with E-state index in [-0.39, 0.29) is 12.1 Å². The number of nitrogens with zero attached hydrogens (tertiary/aromatic N) is 1. The second-order valence-electron chi connectivity index (χ2n) is 5.43. The Morgan fingerprint density at radius 2 is 2.21 bits per heavy atom. The Bertz CT molecular complexity index is 584. The minimum Gasteiger partial charge on any atom is -0.305 e. The zero-order valence-electron chi connectivity index (χ0n) is 11.0. The Kier molecular flexibility index (Phi) is 2.71. The first-order valence-corrected chi connectivity index (χ1v) is 7.24. The van der Waals surface area contributed by atoms with E-state index < -0.39 is 5.54 Å². The first kappa shape index (κ1) is 12.7. The zero-order chi connectivity index (χ0) is 13.8. The van der Waals surface area contributed by atoms with Crippen molar-refractivity contribution in [1.82, 2.24) is 10.2 Å². The van der Waals surface area contributed by atoms with Crippen molar-refractivity contribution in [2.75, 3.05) is 0 Å². The maximum Gasteiger partial charge on any atom is 0.324 e. The first-order chi connectivity index (χ1) is 8.96. The SMILES string of the molecule is CC(C)N1C(=O)NC(=N)C12CCc1cc(Br)ccc12. The maximum atomic E-state index is 12.1. The van der Waals surface area contributed by atoms with E-state index in [1.165, 1.54) is 5.56 Å². The van der Waals surface area contributed by atoms with Gasteiger partial charge in [0.25, 0.3) is 0 Å². The lowest BCUT2D eigenvalue weighted by molar-refractivity contribution is 0.149. The molecular weight excluding hydrogens is 306 g/mol. The van der Waals surface area contributed by atoms with Crippen molar-refractivity contribution in [3.05, 3.63) is 33.8 Å². The van der Waals surface area contributed by atoms with Gasteiger partial charge in [0.15, 0.2) is 0 Å². The Morgan fingerprint density at radius 3 is 2.89 bits per heavy atom. The molecule has 19 heavy (non-hydrogen) atoms. The van der Waals surface area contributed by atoms with Gasteiger partial charge in [0.2, 0.25) is 0 Å². The van der Waals surface area contributed by atoms with Gasteiger partial charge in [-0.05, 0) is 49.9 Å². The highest BCUT2D eigenvalue weighted by molar-refractivity contribution is 9.10. The number of rotatable bonds is 1. The minimum atomic E-state index is -0.582. The number of carbonyl (C=O) groups excluding carboxylic acids is 1. The van der Waals surface area contributed by atoms with Crippen molar-refractivity contribution in [2.24, 2.45) is 0 Å². The Hall–Kier alpha value is -1.36. The van der Waals surface area contributed by atoms with Gasteiger partial charge in [-0.2, -0.15) is 0 Å². The molecule has 2 N–H and O–H groups in total. The van der Waals surface area contributed by atoms with Crippen LogP contribution in [0.25, 0.3) is 0 Å². The standard InChI is InChI=1S/C14H16BrN3O/c1-8(2)18-13(19)17-12(16)14(18)6-5-9-7-10(15)3-4-11(9)14/h3-4,7-8H,5-6H2,1-2H3,(H2,16,17,19). The Labute approximate surface area is 120 Å². The second-order valence-corrected chi connectivity index (χ2v) is 6.35. The topological polar surface area (TPSA) is 56.2 Å². The lowest BCUT2D eigenvalue weighted by atomic mass is 9.89. The van der Waals surface area contributed by atoms with Crippen LogP contribution in [0.15, 0.2) is 22.7 Å². The third-order valence-electron chi connectivity index (χ3n) is 4.06. The first-order valence-electron chi connectivity index (χ1n) is 6.45. The van der Waals surface area contributed by atoms with Gasteiger partial charge < -0.3 is 4.90 Å². The van der Waals surface area contributed by atoms with E-state index in [4.69, 9.17) is 5.41 Å².